The van der Waals surface area contributed by atoms with Crippen LogP contribution in [0.4, 0.5) is 0 Å². The lowest BCUT2D eigenvalue weighted by molar-refractivity contribution is 0.101. The largest absolute Gasteiger partial charge is 0.497 e. The van der Waals surface area contributed by atoms with Crippen LogP contribution in [0.3, 0.4) is 0 Å². The molecule has 0 aliphatic rings. The number of aromatic amines is 2. The van der Waals surface area contributed by atoms with Gasteiger partial charge in [0.1, 0.15) is 11.5 Å². The molecule has 0 bridgehead atoms. The summed E-state index contributed by atoms with van der Waals surface area (Å²) in [6.45, 7) is 0. The molecule has 0 saturated heterocycles. The highest BCUT2D eigenvalue weighted by molar-refractivity contribution is 7.99. The minimum Gasteiger partial charge on any atom is -0.497 e. The number of H-pyrrole nitrogens is 2. The van der Waals surface area contributed by atoms with E-state index < -0.39 is 11.2 Å². The fourth-order valence-corrected chi connectivity index (χ4v) is 2.39. The van der Waals surface area contributed by atoms with E-state index >= 15 is 0 Å². The molecule has 1 heterocycles. The number of methoxy groups -OCH3 is 2. The van der Waals surface area contributed by atoms with Gasteiger partial charge in [-0.15, -0.1) is 0 Å². The van der Waals surface area contributed by atoms with E-state index in [9.17, 15) is 14.4 Å². The van der Waals surface area contributed by atoms with Crippen LogP contribution in [0.1, 0.15) is 10.4 Å². The molecule has 0 saturated carbocycles. The summed E-state index contributed by atoms with van der Waals surface area (Å²) in [5.74, 6) is 0.690. The minimum absolute atomic E-state index is 0.0143. The van der Waals surface area contributed by atoms with Crippen molar-refractivity contribution in [3.63, 3.8) is 0 Å². The molecule has 8 nitrogen and oxygen atoms in total. The maximum absolute atomic E-state index is 12.2. The third kappa shape index (κ3) is 3.55. The molecule has 1 aromatic carbocycles. The van der Waals surface area contributed by atoms with Crippen LogP contribution < -0.4 is 20.7 Å². The monoisotopic (exact) mass is 323 g/mol. The highest BCUT2D eigenvalue weighted by Gasteiger charge is 2.15. The van der Waals surface area contributed by atoms with Crippen LogP contribution in [0, 0.1) is 0 Å². The summed E-state index contributed by atoms with van der Waals surface area (Å²) >= 11 is 0.926. The van der Waals surface area contributed by atoms with Crippen LogP contribution in [0.15, 0.2) is 32.8 Å². The number of hydrogen-bond donors (Lipinski definition) is 2. The second-order valence-corrected chi connectivity index (χ2v) is 5.05. The van der Waals surface area contributed by atoms with Crippen molar-refractivity contribution in [1.29, 1.82) is 0 Å². The van der Waals surface area contributed by atoms with Gasteiger partial charge in [0.2, 0.25) is 0 Å². The molecule has 0 amide bonds. The van der Waals surface area contributed by atoms with Crippen LogP contribution >= 0.6 is 11.8 Å². The molecule has 0 atom stereocenters. The lowest BCUT2D eigenvalue weighted by atomic mass is 10.1. The Bertz CT molecular complexity index is 799. The third-order valence-electron chi connectivity index (χ3n) is 2.73. The standard InChI is InChI=1S/C13H13N3O5S/c1-20-7-3-4-8(10(5-7)21-2)9(17)6-22-12-11(18)14-13(19)16-15-12/h3-5H,6H2,1-2H3,(H2,14,16,18,19). The van der Waals surface area contributed by atoms with Crippen LogP contribution in [0.2, 0.25) is 0 Å². The molecule has 9 heteroatoms. The van der Waals surface area contributed by atoms with Gasteiger partial charge in [-0.05, 0) is 12.1 Å². The quantitative estimate of drug-likeness (QED) is 0.586. The van der Waals surface area contributed by atoms with Crippen molar-refractivity contribution < 1.29 is 14.3 Å². The molecule has 2 rings (SSSR count). The fourth-order valence-electron chi connectivity index (χ4n) is 1.68. The lowest BCUT2D eigenvalue weighted by Gasteiger charge is -2.09. The number of carbonyl (C=O) groups is 1. The van der Waals surface area contributed by atoms with Crippen molar-refractivity contribution in [1.82, 2.24) is 15.2 Å². The number of aromatic nitrogens is 3. The van der Waals surface area contributed by atoms with E-state index in [1.165, 1.54) is 14.2 Å². The molecule has 1 aromatic heterocycles. The van der Waals surface area contributed by atoms with Crippen molar-refractivity contribution >= 4 is 17.5 Å². The molecular weight excluding hydrogens is 310 g/mol. The average molecular weight is 323 g/mol. The number of hydrogen-bond acceptors (Lipinski definition) is 7. The number of benzene rings is 1. The maximum atomic E-state index is 12.2. The van der Waals surface area contributed by atoms with Crippen LogP contribution in [0.5, 0.6) is 11.5 Å². The molecule has 116 valence electrons. The molecule has 0 radical (unpaired) electrons. The highest BCUT2D eigenvalue weighted by Crippen LogP contribution is 2.26. The molecule has 0 aliphatic heterocycles. The highest BCUT2D eigenvalue weighted by atomic mass is 32.2. The van der Waals surface area contributed by atoms with Gasteiger partial charge in [0.25, 0.3) is 5.56 Å². The predicted octanol–water partition coefficient (Wildman–Crippen LogP) is 0.450. The van der Waals surface area contributed by atoms with Crippen molar-refractivity contribution in [3.8, 4) is 11.5 Å². The van der Waals surface area contributed by atoms with E-state index in [2.05, 4.69) is 10.2 Å². The minimum atomic E-state index is -0.697. The molecule has 22 heavy (non-hydrogen) atoms. The Morgan fingerprint density at radius 3 is 2.68 bits per heavy atom. The number of nitrogens with one attached hydrogen (secondary N) is 2. The van der Waals surface area contributed by atoms with Crippen molar-refractivity contribution in [3.05, 3.63) is 44.6 Å². The van der Waals surface area contributed by atoms with E-state index in [4.69, 9.17) is 9.47 Å². The number of thioether (sulfide) groups is 1. The first-order valence-electron chi connectivity index (χ1n) is 6.12. The average Bonchev–Trinajstić information content (AvgIpc) is 2.53. The van der Waals surface area contributed by atoms with Gasteiger partial charge in [-0.2, -0.15) is 5.10 Å². The summed E-state index contributed by atoms with van der Waals surface area (Å²) in [7, 11) is 2.97. The fraction of sp³-hybridized carbons (Fsp3) is 0.231. The zero-order chi connectivity index (χ0) is 16.1. The first-order chi connectivity index (χ1) is 10.5. The predicted molar refractivity (Wildman–Crippen MR) is 80.1 cm³/mol. The van der Waals surface area contributed by atoms with Crippen molar-refractivity contribution in [2.24, 2.45) is 0 Å². The Balaban J connectivity index is 2.15. The van der Waals surface area contributed by atoms with Gasteiger partial charge in [0.15, 0.2) is 10.8 Å². The Morgan fingerprint density at radius 2 is 2.05 bits per heavy atom. The third-order valence-corrected chi connectivity index (χ3v) is 3.69. The topological polar surface area (TPSA) is 114 Å². The second kappa shape index (κ2) is 6.94. The number of rotatable bonds is 6. The summed E-state index contributed by atoms with van der Waals surface area (Å²) < 4.78 is 10.2. The smallest absolute Gasteiger partial charge is 0.342 e. The summed E-state index contributed by atoms with van der Waals surface area (Å²) in [5.41, 5.74) is -0.961. The Labute approximate surface area is 128 Å². The molecule has 0 unspecified atom stereocenters. The van der Waals surface area contributed by atoms with E-state index in [1.807, 2.05) is 4.98 Å². The summed E-state index contributed by atoms with van der Waals surface area (Å²) in [4.78, 5) is 36.6. The normalized spacial score (nSPS) is 10.3. The lowest BCUT2D eigenvalue weighted by Crippen LogP contribution is -2.25. The first-order valence-corrected chi connectivity index (χ1v) is 7.10. The number of ether oxygens (including phenoxy) is 2. The van der Waals surface area contributed by atoms with Crippen molar-refractivity contribution in [2.75, 3.05) is 20.0 Å². The van der Waals surface area contributed by atoms with Gasteiger partial charge in [0.05, 0.1) is 25.5 Å². The number of ketones is 1. The van der Waals surface area contributed by atoms with E-state index in [1.54, 1.807) is 18.2 Å². The first kappa shape index (κ1) is 15.8. The molecular formula is C13H13N3O5S. The van der Waals surface area contributed by atoms with Gasteiger partial charge >= 0.3 is 5.69 Å². The van der Waals surface area contributed by atoms with Gasteiger partial charge in [-0.25, -0.2) is 9.89 Å². The Morgan fingerprint density at radius 1 is 1.27 bits per heavy atom. The number of Topliss-reactive ketones (excluding diaryl/α,β-unsaturated/α-hetero) is 1. The van der Waals surface area contributed by atoms with E-state index in [0.29, 0.717) is 17.1 Å². The van der Waals surface area contributed by atoms with Crippen LogP contribution in [-0.2, 0) is 0 Å². The van der Waals surface area contributed by atoms with Crippen LogP contribution in [-0.4, -0.2) is 40.9 Å². The molecule has 2 aromatic rings. The maximum Gasteiger partial charge on any atom is 0.342 e. The zero-order valence-electron chi connectivity index (χ0n) is 11.8. The van der Waals surface area contributed by atoms with E-state index in [0.717, 1.165) is 11.8 Å². The SMILES string of the molecule is COc1ccc(C(=O)CSc2n[nH]c(=O)[nH]c2=O)c(OC)c1. The van der Waals surface area contributed by atoms with Crippen LogP contribution in [0.25, 0.3) is 0 Å². The molecule has 0 spiro atoms. The van der Waals surface area contributed by atoms with Gasteiger partial charge in [-0.1, -0.05) is 11.8 Å². The molecule has 0 fully saturated rings. The second-order valence-electron chi connectivity index (χ2n) is 4.09. The van der Waals surface area contributed by atoms with E-state index in [-0.39, 0.29) is 16.6 Å². The van der Waals surface area contributed by atoms with Gasteiger partial charge < -0.3 is 9.47 Å². The summed E-state index contributed by atoms with van der Waals surface area (Å²) in [5, 5.41) is 5.71. The van der Waals surface area contributed by atoms with Gasteiger partial charge in [-0.3, -0.25) is 14.6 Å². The summed E-state index contributed by atoms with van der Waals surface area (Å²) in [6.07, 6.45) is 0. The number of nitrogens with zero attached hydrogens (tertiary/aromatic N) is 1. The van der Waals surface area contributed by atoms with Crippen molar-refractivity contribution in [2.45, 2.75) is 5.03 Å². The Hall–Kier alpha value is -2.55. The molecule has 0 aliphatic carbocycles. The molecule has 2 N–H and O–H groups in total. The summed E-state index contributed by atoms with van der Waals surface area (Å²) in [6, 6.07) is 4.83. The van der Waals surface area contributed by atoms with Gasteiger partial charge in [0, 0.05) is 6.07 Å². The zero-order valence-corrected chi connectivity index (χ0v) is 12.7. The number of carbonyl (C=O) groups excluding carboxylic acids is 1. The Kier molecular flexibility index (Phi) is 4.99.